The van der Waals surface area contributed by atoms with Crippen molar-refractivity contribution in [3.05, 3.63) is 163 Å². The lowest BCUT2D eigenvalue weighted by molar-refractivity contribution is 0.666. The van der Waals surface area contributed by atoms with Crippen LogP contribution in [0.25, 0.3) is 100 Å². The molecule has 0 amide bonds. The van der Waals surface area contributed by atoms with Gasteiger partial charge in [-0.2, -0.15) is 0 Å². The zero-order valence-electron chi connectivity index (χ0n) is 27.7. The first-order chi connectivity index (χ1) is 25.2. The lowest BCUT2D eigenvalue weighted by Crippen LogP contribution is -2.00. The fourth-order valence-electron chi connectivity index (χ4n) is 7.16. The molecule has 0 aliphatic rings. The molecule has 240 valence electrons. The predicted molar refractivity (Wildman–Crippen MR) is 206 cm³/mol. The highest BCUT2D eigenvalue weighted by Gasteiger charge is 2.20. The zero-order chi connectivity index (χ0) is 33.9. The van der Waals surface area contributed by atoms with Crippen molar-refractivity contribution in [2.24, 2.45) is 0 Å². The Labute approximate surface area is 293 Å². The van der Waals surface area contributed by atoms with Gasteiger partial charge in [-0.1, -0.05) is 133 Å². The van der Waals surface area contributed by atoms with Gasteiger partial charge in [0.05, 0.1) is 5.56 Å². The fraction of sp³-hybridized carbons (Fsp3) is 0.0217. The maximum atomic E-state index is 6.55. The Kier molecular flexibility index (Phi) is 6.64. The molecular weight excluding hydrogens is 627 g/mol. The summed E-state index contributed by atoms with van der Waals surface area (Å²) in [5.41, 5.74) is 11.4. The van der Waals surface area contributed by atoms with E-state index in [9.17, 15) is 0 Å². The first-order valence-electron chi connectivity index (χ1n) is 17.0. The van der Waals surface area contributed by atoms with Crippen molar-refractivity contribution in [2.45, 2.75) is 6.92 Å². The summed E-state index contributed by atoms with van der Waals surface area (Å²) in [5, 5.41) is 4.23. The minimum atomic E-state index is 0.542. The highest BCUT2D eigenvalue weighted by molar-refractivity contribution is 6.13. The molecule has 5 nitrogen and oxygen atoms in total. The third kappa shape index (κ3) is 4.90. The van der Waals surface area contributed by atoms with Gasteiger partial charge >= 0.3 is 0 Å². The summed E-state index contributed by atoms with van der Waals surface area (Å²) < 4.78 is 13.0. The van der Waals surface area contributed by atoms with E-state index < -0.39 is 0 Å². The Balaban J connectivity index is 1.16. The van der Waals surface area contributed by atoms with E-state index in [4.69, 9.17) is 23.8 Å². The summed E-state index contributed by atoms with van der Waals surface area (Å²) in [7, 11) is 0. The first kappa shape index (κ1) is 29.1. The Morgan fingerprint density at radius 3 is 1.75 bits per heavy atom. The molecule has 3 aromatic heterocycles. The molecule has 7 aromatic carbocycles. The Hall–Kier alpha value is -6.85. The Morgan fingerprint density at radius 1 is 0.373 bits per heavy atom. The maximum Gasteiger partial charge on any atom is 0.167 e. The first-order valence-corrected chi connectivity index (χ1v) is 17.0. The van der Waals surface area contributed by atoms with Crippen molar-refractivity contribution in [3.63, 3.8) is 0 Å². The van der Waals surface area contributed by atoms with Gasteiger partial charge in [0.2, 0.25) is 0 Å². The molecule has 0 aliphatic carbocycles. The highest BCUT2D eigenvalue weighted by Crippen LogP contribution is 2.40. The Morgan fingerprint density at radius 2 is 0.961 bits per heavy atom. The number of hydrogen-bond donors (Lipinski definition) is 0. The third-order valence-corrected chi connectivity index (χ3v) is 9.69. The SMILES string of the molecule is Cc1cccc2c1oc1c(-c3nc(-c4ccc(-c5ccccc5)cc4)nc(-c4ccc5c(c4)oc4cccc(-c6ccccc6)c45)n3)cccc12. The van der Waals surface area contributed by atoms with Gasteiger partial charge in [-0.15, -0.1) is 0 Å². The van der Waals surface area contributed by atoms with Crippen LogP contribution in [0.3, 0.4) is 0 Å². The number of rotatable bonds is 5. The molecule has 0 saturated heterocycles. The normalized spacial score (nSPS) is 11.6. The van der Waals surface area contributed by atoms with Crippen LogP contribution in [0.4, 0.5) is 0 Å². The van der Waals surface area contributed by atoms with E-state index in [1.54, 1.807) is 0 Å². The fourth-order valence-corrected chi connectivity index (χ4v) is 7.16. The molecule has 0 spiro atoms. The standard InChI is InChI=1S/C46H29N3O2/c1-28-11-8-17-35-36-18-9-19-38(43(36)51-42(28)35)46-48-44(32-23-21-30(22-24-32)29-12-4-2-5-13-29)47-45(49-46)33-25-26-37-40(27-33)50-39-20-10-16-34(41(37)39)31-14-6-3-7-15-31/h2-27H,1H3. The molecular formula is C46H29N3O2. The van der Waals surface area contributed by atoms with E-state index in [2.05, 4.69) is 122 Å². The van der Waals surface area contributed by atoms with Crippen LogP contribution in [0, 0.1) is 6.92 Å². The van der Waals surface area contributed by atoms with Gasteiger partial charge in [0.15, 0.2) is 17.5 Å². The Bertz CT molecular complexity index is 2910. The van der Waals surface area contributed by atoms with Gasteiger partial charge in [0.1, 0.15) is 22.3 Å². The molecule has 3 heterocycles. The highest BCUT2D eigenvalue weighted by atomic mass is 16.3. The largest absolute Gasteiger partial charge is 0.456 e. The van der Waals surface area contributed by atoms with Crippen LogP contribution in [0.1, 0.15) is 5.56 Å². The van der Waals surface area contributed by atoms with Gasteiger partial charge in [0, 0.05) is 32.7 Å². The number of aryl methyl sites for hydroxylation is 1. The second-order valence-corrected chi connectivity index (χ2v) is 12.8. The summed E-state index contributed by atoms with van der Waals surface area (Å²) in [5.74, 6) is 1.67. The monoisotopic (exact) mass is 655 g/mol. The smallest absolute Gasteiger partial charge is 0.167 e. The van der Waals surface area contributed by atoms with Gasteiger partial charge in [0.25, 0.3) is 0 Å². The number of furan rings is 2. The molecule has 0 saturated carbocycles. The molecule has 0 radical (unpaired) electrons. The minimum absolute atomic E-state index is 0.542. The second kappa shape index (κ2) is 11.6. The number of hydrogen-bond acceptors (Lipinski definition) is 5. The van der Waals surface area contributed by atoms with Crippen LogP contribution < -0.4 is 0 Å². The molecule has 0 bridgehead atoms. The van der Waals surface area contributed by atoms with Crippen LogP contribution in [-0.4, -0.2) is 15.0 Å². The number of aromatic nitrogens is 3. The van der Waals surface area contributed by atoms with E-state index in [0.29, 0.717) is 17.5 Å². The summed E-state index contributed by atoms with van der Waals surface area (Å²) in [6.45, 7) is 2.07. The van der Waals surface area contributed by atoms with Gasteiger partial charge in [-0.05, 0) is 59.0 Å². The summed E-state index contributed by atoms with van der Waals surface area (Å²) in [4.78, 5) is 15.3. The second-order valence-electron chi connectivity index (χ2n) is 12.8. The molecule has 0 N–H and O–H groups in total. The van der Waals surface area contributed by atoms with Crippen LogP contribution in [-0.2, 0) is 0 Å². The maximum absolute atomic E-state index is 6.55. The van der Waals surface area contributed by atoms with Crippen molar-refractivity contribution in [1.29, 1.82) is 0 Å². The van der Waals surface area contributed by atoms with Crippen molar-refractivity contribution < 1.29 is 8.83 Å². The van der Waals surface area contributed by atoms with Crippen molar-refractivity contribution in [1.82, 2.24) is 15.0 Å². The average Bonchev–Trinajstić information content (AvgIpc) is 3.78. The van der Waals surface area contributed by atoms with Crippen molar-refractivity contribution in [2.75, 3.05) is 0 Å². The average molecular weight is 656 g/mol. The predicted octanol–water partition coefficient (Wildman–Crippen LogP) is 12.3. The number of para-hydroxylation sites is 2. The third-order valence-electron chi connectivity index (χ3n) is 9.69. The van der Waals surface area contributed by atoms with E-state index in [-0.39, 0.29) is 0 Å². The summed E-state index contributed by atoms with van der Waals surface area (Å²) in [6.07, 6.45) is 0. The molecule has 10 rings (SSSR count). The van der Waals surface area contributed by atoms with Gasteiger partial charge in [-0.25, -0.2) is 15.0 Å². The van der Waals surface area contributed by atoms with Crippen LogP contribution in [0.5, 0.6) is 0 Å². The van der Waals surface area contributed by atoms with E-state index in [1.165, 1.54) is 0 Å². The van der Waals surface area contributed by atoms with E-state index >= 15 is 0 Å². The van der Waals surface area contributed by atoms with E-state index in [0.717, 1.165) is 88.4 Å². The zero-order valence-corrected chi connectivity index (χ0v) is 27.7. The van der Waals surface area contributed by atoms with Crippen LogP contribution in [0.2, 0.25) is 0 Å². The molecule has 5 heteroatoms. The molecule has 0 atom stereocenters. The van der Waals surface area contributed by atoms with Gasteiger partial charge < -0.3 is 8.83 Å². The van der Waals surface area contributed by atoms with Crippen LogP contribution >= 0.6 is 0 Å². The summed E-state index contributed by atoms with van der Waals surface area (Å²) >= 11 is 0. The van der Waals surface area contributed by atoms with Crippen LogP contribution in [0.15, 0.2) is 167 Å². The number of benzene rings is 7. The van der Waals surface area contributed by atoms with Gasteiger partial charge in [-0.3, -0.25) is 0 Å². The quantitative estimate of drug-likeness (QED) is 0.185. The topological polar surface area (TPSA) is 65.0 Å². The summed E-state index contributed by atoms with van der Waals surface area (Å²) in [6, 6.07) is 54.0. The lowest BCUT2D eigenvalue weighted by atomic mass is 9.99. The number of nitrogens with zero attached hydrogens (tertiary/aromatic N) is 3. The molecule has 0 unspecified atom stereocenters. The number of fused-ring (bicyclic) bond motifs is 6. The molecule has 0 fully saturated rings. The minimum Gasteiger partial charge on any atom is -0.456 e. The van der Waals surface area contributed by atoms with Crippen molar-refractivity contribution >= 4 is 43.9 Å². The molecule has 0 aliphatic heterocycles. The molecule has 51 heavy (non-hydrogen) atoms. The van der Waals surface area contributed by atoms with E-state index in [1.807, 2.05) is 42.5 Å². The van der Waals surface area contributed by atoms with Crippen molar-refractivity contribution in [3.8, 4) is 56.4 Å². The lowest BCUT2D eigenvalue weighted by Gasteiger charge is -2.09. The molecule has 10 aromatic rings.